The number of aliphatic hydroxyl groups excluding tert-OH is 1. The molecule has 3 aromatic carbocycles. The zero-order valence-corrected chi connectivity index (χ0v) is 56.7. The lowest BCUT2D eigenvalue weighted by molar-refractivity contribution is -0.235. The number of hydrogen-bond acceptors (Lipinski definition) is 17. The molecule has 3 aromatic rings. The van der Waals surface area contributed by atoms with Crippen molar-refractivity contribution in [3.63, 3.8) is 0 Å². The number of allylic oxidation sites excluding steroid dienone is 5. The molecule has 12 atom stereocenters. The Morgan fingerprint density at radius 1 is 0.707 bits per heavy atom. The van der Waals surface area contributed by atoms with Crippen molar-refractivity contribution in [2.24, 2.45) is 22.7 Å². The van der Waals surface area contributed by atoms with Crippen LogP contribution in [0.15, 0.2) is 109 Å². The Balaban J connectivity index is 0.600. The third kappa shape index (κ3) is 18.0. The minimum atomic E-state index is -2.38. The van der Waals surface area contributed by atoms with Gasteiger partial charge in [-0.05, 0) is 90.5 Å². The number of Topliss-reactive ketones (excluding diaryl/α,β-unsaturated/α-hetero) is 1. The Morgan fingerprint density at radius 2 is 1.35 bits per heavy atom. The predicted molar refractivity (Wildman–Crippen MR) is 358 cm³/mol. The van der Waals surface area contributed by atoms with Crippen LogP contribution in [0.3, 0.4) is 0 Å². The summed E-state index contributed by atoms with van der Waals surface area (Å²) in [6.45, 7) is 7.32. The molecule has 4 fully saturated rings. The number of rotatable bonds is 35. The lowest BCUT2D eigenvalue weighted by Crippen LogP contribution is -2.71. The van der Waals surface area contributed by atoms with Crippen LogP contribution in [0.2, 0.25) is 0 Å². The molecule has 3 saturated carbocycles. The molecule has 0 bridgehead atoms. The van der Waals surface area contributed by atoms with Crippen LogP contribution in [0.5, 0.6) is 0 Å². The van der Waals surface area contributed by atoms with Gasteiger partial charge in [-0.1, -0.05) is 118 Å². The smallest absolute Gasteiger partial charge is 0.243 e. The standard InChI is InChI=1S/C73H93F2N7O17/c1-5-13-68-98-61-39-53-54-38-56(74)55-37-51(83)24-26-70(55,3)72(54,75)59(84)40-71(53,4)73(61,99-68)60(85)45-97-46-80-65(89)42-79-69(92)57(36-48-14-7-6-8-15-48)81-66(90)43-78-64(88)41-77-63(87)25-28-93-30-32-95-34-35-96-33-31-94-29-27-76-62(86)22-23-67(91)82-44-50-17-9-11-18-52(50)47(2)20-21-49-16-10-12-19-58(49)82/h6-12,14-21,24,26,37,47,53-54,56-57,59,61,68,84H,5,13,22-23,25,27-36,38-46H2,1-4H3,(H,76,86)(H,77,87)(H,78,88)(H,79,92)(H,80,89)(H,81,90)/b21-20-/t47?,53-,54-,56-,57-,59-,61+,68?,70-,71-,72-,73+/m0/s1. The summed E-state index contributed by atoms with van der Waals surface area (Å²) >= 11 is 0. The van der Waals surface area contributed by atoms with E-state index in [2.05, 4.69) is 51.0 Å². The average Bonchev–Trinajstić information content (AvgIpc) is 1.57. The first-order chi connectivity index (χ1) is 47.6. The Kier molecular flexibility index (Phi) is 26.5. The number of nitrogens with zero attached hydrogens (tertiary/aromatic N) is 1. The Labute approximate surface area is 575 Å². The molecule has 7 amide bonds. The van der Waals surface area contributed by atoms with Crippen LogP contribution in [0.1, 0.15) is 107 Å². The second-order valence-electron chi connectivity index (χ2n) is 26.3. The second kappa shape index (κ2) is 34.9. The van der Waals surface area contributed by atoms with E-state index in [1.807, 2.05) is 55.5 Å². The molecule has 24 nitrogen and oxygen atoms in total. The number of fused-ring (bicyclic) bond motifs is 9. The van der Waals surface area contributed by atoms with Crippen LogP contribution >= 0.6 is 0 Å². The normalized spacial score (nSPS) is 26.9. The number of aliphatic hydroxyl groups is 1. The molecule has 2 heterocycles. The van der Waals surface area contributed by atoms with Gasteiger partial charge in [-0.3, -0.25) is 43.2 Å². The number of carbonyl (C=O) groups excluding carboxylic acids is 9. The van der Waals surface area contributed by atoms with Crippen LogP contribution in [0, 0.1) is 22.7 Å². The van der Waals surface area contributed by atoms with Crippen molar-refractivity contribution < 1.29 is 90.2 Å². The van der Waals surface area contributed by atoms with Gasteiger partial charge in [0.1, 0.15) is 25.6 Å². The van der Waals surface area contributed by atoms with E-state index in [1.165, 1.54) is 19.1 Å². The fraction of sp³-hybridized carbons (Fsp3) is 0.548. The highest BCUT2D eigenvalue weighted by molar-refractivity contribution is 6.02. The van der Waals surface area contributed by atoms with Crippen molar-refractivity contribution in [2.45, 2.75) is 140 Å². The van der Waals surface area contributed by atoms with E-state index in [9.17, 15) is 48.3 Å². The molecule has 0 aromatic heterocycles. The third-order valence-electron chi connectivity index (χ3n) is 19.9. The molecule has 2 unspecified atom stereocenters. The zero-order chi connectivity index (χ0) is 70.7. The van der Waals surface area contributed by atoms with E-state index >= 15 is 8.78 Å². The van der Waals surface area contributed by atoms with Crippen LogP contribution in [0.4, 0.5) is 14.5 Å². The maximum atomic E-state index is 17.9. The molecule has 9 rings (SSSR count). The van der Waals surface area contributed by atoms with Crippen LogP contribution in [-0.2, 0) is 89.3 Å². The van der Waals surface area contributed by atoms with E-state index in [0.29, 0.717) is 44.8 Å². The van der Waals surface area contributed by atoms with Gasteiger partial charge in [0.15, 0.2) is 29.1 Å². The average molecular weight is 1380 g/mol. The van der Waals surface area contributed by atoms with E-state index in [0.717, 1.165) is 28.5 Å². The van der Waals surface area contributed by atoms with Gasteiger partial charge < -0.3 is 75.1 Å². The van der Waals surface area contributed by atoms with Crippen molar-refractivity contribution in [1.29, 1.82) is 0 Å². The van der Waals surface area contributed by atoms with Gasteiger partial charge in [0.05, 0.1) is 96.9 Å². The summed E-state index contributed by atoms with van der Waals surface area (Å²) in [4.78, 5) is 120. The van der Waals surface area contributed by atoms with Crippen LogP contribution < -0.4 is 36.8 Å². The zero-order valence-electron chi connectivity index (χ0n) is 56.7. The topological polar surface area (TPSA) is 314 Å². The Hall–Kier alpha value is -7.95. The lowest BCUT2D eigenvalue weighted by Gasteiger charge is -2.63. The molecule has 6 aliphatic rings. The van der Waals surface area contributed by atoms with Gasteiger partial charge in [-0.15, -0.1) is 0 Å². The Bertz CT molecular complexity index is 3470. The molecule has 26 heteroatoms. The predicted octanol–water partition coefficient (Wildman–Crippen LogP) is 4.65. The molecule has 0 spiro atoms. The summed E-state index contributed by atoms with van der Waals surface area (Å²) in [5.74, 6) is -6.33. The van der Waals surface area contributed by atoms with Gasteiger partial charge in [-0.25, -0.2) is 8.78 Å². The number of ketones is 2. The highest BCUT2D eigenvalue weighted by Gasteiger charge is 2.80. The fourth-order valence-corrected chi connectivity index (χ4v) is 14.9. The summed E-state index contributed by atoms with van der Waals surface area (Å²) in [5, 5.41) is 27.1. The fourth-order valence-electron chi connectivity index (χ4n) is 14.9. The number of nitrogens with one attached hydrogen (secondary N) is 6. The number of halogens is 2. The molecule has 0 radical (unpaired) electrons. The van der Waals surface area contributed by atoms with Gasteiger partial charge in [-0.2, -0.15) is 0 Å². The van der Waals surface area contributed by atoms with E-state index in [-0.39, 0.29) is 108 Å². The SMILES string of the molecule is CCCC1O[C@@H]2C[C@H]3[C@@H]4C[C@H](F)C5=CC(=O)C=C[C@]5(C)[C@@]4(F)[C@@H](O)C[C@]3(C)[C@]2(C(=O)COCNC(=O)CNC(=O)[C@H](Cc2ccccc2)NC(=O)CNC(=O)CNC(=O)CCOCCOCCOCCOCCNC(=O)CCC(=O)N2Cc3ccccc3C(C)/C=C\c3ccccc32)O1. The second-order valence-corrected chi connectivity index (χ2v) is 26.3. The van der Waals surface area contributed by atoms with Crippen LogP contribution in [0.25, 0.3) is 6.08 Å². The quantitative estimate of drug-likeness (QED) is 0.0311. The number of ether oxygens (including phenoxy) is 7. The monoisotopic (exact) mass is 1380 g/mol. The van der Waals surface area contributed by atoms with Crippen molar-refractivity contribution in [2.75, 3.05) is 97.3 Å². The maximum Gasteiger partial charge on any atom is 0.243 e. The molecule has 2 aliphatic heterocycles. The summed E-state index contributed by atoms with van der Waals surface area (Å²) in [7, 11) is 0. The van der Waals surface area contributed by atoms with E-state index in [4.69, 9.17) is 33.2 Å². The van der Waals surface area contributed by atoms with Gasteiger partial charge in [0.2, 0.25) is 41.4 Å². The van der Waals surface area contributed by atoms with Crippen LogP contribution in [-0.4, -0.2) is 192 Å². The first kappa shape index (κ1) is 75.3. The summed E-state index contributed by atoms with van der Waals surface area (Å²) < 4.78 is 74.7. The van der Waals surface area contributed by atoms with Crippen molar-refractivity contribution >= 4 is 64.7 Å². The maximum absolute atomic E-state index is 17.9. The first-order valence-corrected chi connectivity index (χ1v) is 34.2. The number of amides is 7. The molecular formula is C73H93F2N7O17. The minimum absolute atomic E-state index is 0.0151. The van der Waals surface area contributed by atoms with Crippen molar-refractivity contribution in [3.8, 4) is 0 Å². The van der Waals surface area contributed by atoms with Crippen molar-refractivity contribution in [3.05, 3.63) is 131 Å². The molecule has 1 saturated heterocycles. The number of carbonyl (C=O) groups is 9. The molecule has 536 valence electrons. The van der Waals surface area contributed by atoms with Crippen molar-refractivity contribution in [1.82, 2.24) is 31.9 Å². The lowest BCUT2D eigenvalue weighted by atomic mass is 9.44. The number of anilines is 1. The first-order valence-electron chi connectivity index (χ1n) is 34.2. The molecule has 99 heavy (non-hydrogen) atoms. The largest absolute Gasteiger partial charge is 0.390 e. The number of benzene rings is 3. The van der Waals surface area contributed by atoms with Gasteiger partial charge in [0, 0.05) is 49.0 Å². The highest BCUT2D eigenvalue weighted by atomic mass is 19.1. The number of para-hydroxylation sites is 1. The third-order valence-corrected chi connectivity index (χ3v) is 19.9. The molecule has 7 N–H and O–H groups in total. The molecule has 4 aliphatic carbocycles. The Morgan fingerprint density at radius 3 is 2.10 bits per heavy atom. The van der Waals surface area contributed by atoms with E-state index in [1.54, 1.807) is 42.2 Å². The number of alkyl halides is 2. The van der Waals surface area contributed by atoms with Gasteiger partial charge in [0.25, 0.3) is 0 Å². The highest BCUT2D eigenvalue weighted by Crippen LogP contribution is 2.72. The molecular weight excluding hydrogens is 1280 g/mol. The van der Waals surface area contributed by atoms with Gasteiger partial charge >= 0.3 is 0 Å². The summed E-state index contributed by atoms with van der Waals surface area (Å²) in [6.07, 6.45) is 3.54. The summed E-state index contributed by atoms with van der Waals surface area (Å²) in [5.41, 5.74) is -2.36. The minimum Gasteiger partial charge on any atom is -0.390 e. The summed E-state index contributed by atoms with van der Waals surface area (Å²) in [6, 6.07) is 23.4. The van der Waals surface area contributed by atoms with E-state index < -0.39 is 139 Å². The number of hydrogen-bond donors (Lipinski definition) is 7.